The fraction of sp³-hybridized carbons (Fsp3) is 1.00. The van der Waals surface area contributed by atoms with Gasteiger partial charge in [-0.2, -0.15) is 0 Å². The first-order chi connectivity index (χ1) is 5.35. The predicted molar refractivity (Wildman–Crippen MR) is 43.3 cm³/mol. The van der Waals surface area contributed by atoms with Crippen molar-refractivity contribution in [3.8, 4) is 0 Å². The maximum atomic E-state index is 8.87. The highest BCUT2D eigenvalue weighted by atomic mass is 16.3. The van der Waals surface area contributed by atoms with Crippen LogP contribution >= 0.6 is 0 Å². The van der Waals surface area contributed by atoms with Gasteiger partial charge in [-0.25, -0.2) is 0 Å². The van der Waals surface area contributed by atoms with Crippen molar-refractivity contribution in [1.82, 2.24) is 10.6 Å². The van der Waals surface area contributed by atoms with E-state index in [0.717, 1.165) is 31.3 Å². The van der Waals surface area contributed by atoms with Gasteiger partial charge in [-0.05, 0) is 25.3 Å². The van der Waals surface area contributed by atoms with Gasteiger partial charge in [0, 0.05) is 25.2 Å². The van der Waals surface area contributed by atoms with Gasteiger partial charge in [-0.15, -0.1) is 0 Å². The molecule has 3 N–H and O–H groups in total. The number of nitrogens with one attached hydrogen (secondary N) is 2. The van der Waals surface area contributed by atoms with Crippen LogP contribution in [0.2, 0.25) is 0 Å². The van der Waals surface area contributed by atoms with E-state index in [0.29, 0.717) is 12.1 Å². The molecule has 2 unspecified atom stereocenters. The molecule has 64 valence electrons. The van der Waals surface area contributed by atoms with Gasteiger partial charge in [0.25, 0.3) is 0 Å². The molecule has 0 aromatic rings. The summed E-state index contributed by atoms with van der Waals surface area (Å²) in [6.07, 6.45) is 0.917. The summed E-state index contributed by atoms with van der Waals surface area (Å²) in [7, 11) is 2.01. The van der Waals surface area contributed by atoms with Gasteiger partial charge in [-0.3, -0.25) is 0 Å². The van der Waals surface area contributed by atoms with E-state index in [9.17, 15) is 0 Å². The van der Waals surface area contributed by atoms with Gasteiger partial charge >= 0.3 is 0 Å². The van der Waals surface area contributed by atoms with Crippen molar-refractivity contribution >= 4 is 0 Å². The Hall–Kier alpha value is -0.120. The molecule has 2 fully saturated rings. The summed E-state index contributed by atoms with van der Waals surface area (Å²) in [5.41, 5.74) is 0.292. The molecule has 2 rings (SSSR count). The molecular formula is C8H16N2O. The Morgan fingerprint density at radius 1 is 1.55 bits per heavy atom. The van der Waals surface area contributed by atoms with Crippen LogP contribution in [-0.2, 0) is 0 Å². The average Bonchev–Trinajstić information content (AvgIpc) is 2.49. The van der Waals surface area contributed by atoms with Crippen molar-refractivity contribution in [1.29, 1.82) is 0 Å². The molecule has 3 nitrogen and oxygen atoms in total. The highest BCUT2D eigenvalue weighted by molar-refractivity contribution is 5.21. The highest BCUT2D eigenvalue weighted by Gasteiger charge is 2.64. The van der Waals surface area contributed by atoms with Gasteiger partial charge in [0.1, 0.15) is 0 Å². The Bertz CT molecular complexity index is 150. The smallest absolute Gasteiger partial charge is 0.0448 e. The van der Waals surface area contributed by atoms with Crippen LogP contribution in [0.15, 0.2) is 0 Å². The standard InChI is InChI=1S/C8H16N2O/c1-9-8(2-3-11)6-4-10-5-7(6)8/h6-7,9-11H,2-5H2,1H3/t6-,7?,8?/m0/s1. The summed E-state index contributed by atoms with van der Waals surface area (Å²) < 4.78 is 0. The van der Waals surface area contributed by atoms with Crippen LogP contribution in [0.3, 0.4) is 0 Å². The molecule has 0 radical (unpaired) electrons. The average molecular weight is 156 g/mol. The lowest BCUT2D eigenvalue weighted by Gasteiger charge is -2.19. The molecule has 1 saturated carbocycles. The largest absolute Gasteiger partial charge is 0.396 e. The number of rotatable bonds is 3. The predicted octanol–water partition coefficient (Wildman–Crippen LogP) is -0.824. The molecule has 0 aromatic heterocycles. The summed E-state index contributed by atoms with van der Waals surface area (Å²) in [6, 6.07) is 0. The van der Waals surface area contributed by atoms with Crippen molar-refractivity contribution in [2.24, 2.45) is 11.8 Å². The van der Waals surface area contributed by atoms with Crippen molar-refractivity contribution in [3.05, 3.63) is 0 Å². The Kier molecular flexibility index (Phi) is 1.67. The van der Waals surface area contributed by atoms with E-state index in [-0.39, 0.29) is 0 Å². The first-order valence-electron chi connectivity index (χ1n) is 4.35. The van der Waals surface area contributed by atoms with Gasteiger partial charge in [0.2, 0.25) is 0 Å². The van der Waals surface area contributed by atoms with Crippen molar-refractivity contribution in [2.45, 2.75) is 12.0 Å². The number of aliphatic hydroxyl groups excluding tert-OH is 1. The van der Waals surface area contributed by atoms with Crippen LogP contribution < -0.4 is 10.6 Å². The van der Waals surface area contributed by atoms with Crippen LogP contribution in [0.4, 0.5) is 0 Å². The van der Waals surface area contributed by atoms with E-state index in [1.807, 2.05) is 7.05 Å². The summed E-state index contributed by atoms with van der Waals surface area (Å²) in [5, 5.41) is 15.6. The van der Waals surface area contributed by atoms with Crippen LogP contribution in [0.25, 0.3) is 0 Å². The monoisotopic (exact) mass is 156 g/mol. The second kappa shape index (κ2) is 2.44. The fourth-order valence-electron chi connectivity index (χ4n) is 2.70. The fourth-order valence-corrected chi connectivity index (χ4v) is 2.70. The summed E-state index contributed by atoms with van der Waals surface area (Å²) in [6.45, 7) is 2.57. The normalized spacial score (nSPS) is 47.5. The number of hydrogen-bond acceptors (Lipinski definition) is 3. The minimum Gasteiger partial charge on any atom is -0.396 e. The third-order valence-electron chi connectivity index (χ3n) is 3.42. The maximum absolute atomic E-state index is 8.87. The van der Waals surface area contributed by atoms with Crippen molar-refractivity contribution in [2.75, 3.05) is 26.7 Å². The SMILES string of the molecule is CNC1(CCO)C2CNC[C@@H]21. The molecule has 1 heterocycles. The first-order valence-corrected chi connectivity index (χ1v) is 4.35. The van der Waals surface area contributed by atoms with Gasteiger partial charge in [0.05, 0.1) is 0 Å². The topological polar surface area (TPSA) is 44.3 Å². The Morgan fingerprint density at radius 2 is 2.18 bits per heavy atom. The summed E-state index contributed by atoms with van der Waals surface area (Å²) in [4.78, 5) is 0. The van der Waals surface area contributed by atoms with Crippen molar-refractivity contribution in [3.63, 3.8) is 0 Å². The molecule has 1 aliphatic heterocycles. The quantitative estimate of drug-likeness (QED) is 0.500. The highest BCUT2D eigenvalue weighted by Crippen LogP contribution is 2.54. The van der Waals surface area contributed by atoms with Gasteiger partial charge in [-0.1, -0.05) is 0 Å². The molecule has 2 aliphatic rings. The zero-order valence-electron chi connectivity index (χ0n) is 6.93. The lowest BCUT2D eigenvalue weighted by atomic mass is 10.1. The number of piperidine rings is 1. The van der Waals surface area contributed by atoms with Crippen LogP contribution in [0, 0.1) is 11.8 Å². The van der Waals surface area contributed by atoms with Crippen LogP contribution in [0.1, 0.15) is 6.42 Å². The third kappa shape index (κ3) is 0.849. The maximum Gasteiger partial charge on any atom is 0.0448 e. The van der Waals surface area contributed by atoms with Crippen LogP contribution in [0.5, 0.6) is 0 Å². The molecule has 3 atom stereocenters. The van der Waals surface area contributed by atoms with E-state index in [1.165, 1.54) is 0 Å². The minimum absolute atomic E-state index is 0.292. The molecule has 0 amide bonds. The van der Waals surface area contributed by atoms with E-state index >= 15 is 0 Å². The number of hydrogen-bond donors (Lipinski definition) is 3. The lowest BCUT2D eigenvalue weighted by Crippen LogP contribution is -2.38. The third-order valence-corrected chi connectivity index (χ3v) is 3.42. The van der Waals surface area contributed by atoms with Crippen LogP contribution in [-0.4, -0.2) is 37.4 Å². The van der Waals surface area contributed by atoms with E-state index in [1.54, 1.807) is 0 Å². The number of fused-ring (bicyclic) bond motifs is 1. The second-order valence-corrected chi connectivity index (χ2v) is 3.64. The zero-order valence-corrected chi connectivity index (χ0v) is 6.93. The molecule has 1 saturated heterocycles. The van der Waals surface area contributed by atoms with E-state index < -0.39 is 0 Å². The zero-order chi connectivity index (χ0) is 7.90. The van der Waals surface area contributed by atoms with E-state index in [2.05, 4.69) is 10.6 Å². The molecule has 3 heteroatoms. The Labute approximate surface area is 67.2 Å². The molecule has 11 heavy (non-hydrogen) atoms. The molecule has 0 aromatic carbocycles. The first kappa shape index (κ1) is 7.53. The molecular weight excluding hydrogens is 140 g/mol. The Balaban J connectivity index is 2.00. The van der Waals surface area contributed by atoms with E-state index in [4.69, 9.17) is 5.11 Å². The molecule has 0 spiro atoms. The van der Waals surface area contributed by atoms with Gasteiger partial charge < -0.3 is 15.7 Å². The molecule has 0 bridgehead atoms. The van der Waals surface area contributed by atoms with Crippen molar-refractivity contribution < 1.29 is 5.11 Å². The Morgan fingerprint density at radius 3 is 2.64 bits per heavy atom. The molecule has 1 aliphatic carbocycles. The minimum atomic E-state index is 0.292. The lowest BCUT2D eigenvalue weighted by molar-refractivity contribution is 0.247. The summed E-state index contributed by atoms with van der Waals surface area (Å²) >= 11 is 0. The summed E-state index contributed by atoms with van der Waals surface area (Å²) in [5.74, 6) is 1.55. The second-order valence-electron chi connectivity index (χ2n) is 3.64. The van der Waals surface area contributed by atoms with Gasteiger partial charge in [0.15, 0.2) is 0 Å². The number of aliphatic hydroxyl groups is 1.